The van der Waals surface area contributed by atoms with E-state index in [1.165, 1.54) is 0 Å². The summed E-state index contributed by atoms with van der Waals surface area (Å²) in [5, 5.41) is 0.623. The Bertz CT molecular complexity index is 218. The molecule has 0 heterocycles. The zero-order valence-corrected chi connectivity index (χ0v) is 5.84. The molecule has 0 unspecified atom stereocenters. The summed E-state index contributed by atoms with van der Waals surface area (Å²) in [6.07, 6.45) is 0. The van der Waals surface area contributed by atoms with E-state index in [9.17, 15) is 4.79 Å². The van der Waals surface area contributed by atoms with Crippen molar-refractivity contribution >= 4 is 18.1 Å². The van der Waals surface area contributed by atoms with Gasteiger partial charge in [-0.1, -0.05) is 11.6 Å². The second-order valence-corrected chi connectivity index (χ2v) is 2.10. The van der Waals surface area contributed by atoms with E-state index in [1.807, 2.05) is 0 Å². The molecule has 0 aliphatic carbocycles. The van der Waals surface area contributed by atoms with E-state index < -0.39 is 0 Å². The van der Waals surface area contributed by atoms with E-state index in [2.05, 4.69) is 4.74 Å². The molecule has 0 saturated heterocycles. The molecule has 2 nitrogen and oxygen atoms in total. The predicted octanol–water partition coefficient (Wildman–Crippen LogP) is 1.88. The van der Waals surface area contributed by atoms with Crippen molar-refractivity contribution in [2.75, 3.05) is 0 Å². The lowest BCUT2D eigenvalue weighted by Gasteiger charge is -1.94. The van der Waals surface area contributed by atoms with E-state index in [-0.39, 0.29) is 0 Å². The number of carbonyl (C=O) groups excluding carboxylic acids is 1. The Kier molecular flexibility index (Phi) is 2.29. The molecular formula is C7H5ClO2. The lowest BCUT2D eigenvalue weighted by atomic mass is 10.3. The van der Waals surface area contributed by atoms with Gasteiger partial charge in [0.15, 0.2) is 0 Å². The summed E-state index contributed by atoms with van der Waals surface area (Å²) in [5.74, 6) is 0.499. The second kappa shape index (κ2) is 3.22. The Morgan fingerprint density at radius 1 is 1.30 bits per heavy atom. The number of carbonyl (C=O) groups is 1. The molecule has 0 spiro atoms. The molecule has 0 aliphatic heterocycles. The molecule has 52 valence electrons. The first-order valence-corrected chi connectivity index (χ1v) is 3.06. The van der Waals surface area contributed by atoms with Crippen molar-refractivity contribution in [3.63, 3.8) is 0 Å². The van der Waals surface area contributed by atoms with Crippen LogP contribution in [-0.4, -0.2) is 6.47 Å². The van der Waals surface area contributed by atoms with Crippen LogP contribution in [0.2, 0.25) is 5.02 Å². The van der Waals surface area contributed by atoms with Gasteiger partial charge in [-0.05, 0) is 24.3 Å². The smallest absolute Gasteiger partial charge is 0.298 e. The van der Waals surface area contributed by atoms with Crippen molar-refractivity contribution in [3.8, 4) is 5.75 Å². The molecule has 0 bridgehead atoms. The molecule has 0 radical (unpaired) electrons. The van der Waals surface area contributed by atoms with Crippen LogP contribution in [0, 0.1) is 0 Å². The molecule has 3 heteroatoms. The summed E-state index contributed by atoms with van der Waals surface area (Å²) in [6.45, 7) is 0.378. The molecule has 1 aromatic carbocycles. The lowest BCUT2D eigenvalue weighted by Crippen LogP contribution is -1.86. The largest absolute Gasteiger partial charge is 0.429 e. The maximum Gasteiger partial charge on any atom is 0.298 e. The number of halogens is 1. The molecule has 0 aromatic heterocycles. The van der Waals surface area contributed by atoms with Crippen LogP contribution in [0.4, 0.5) is 0 Å². The Balaban J connectivity index is 2.78. The van der Waals surface area contributed by atoms with Gasteiger partial charge < -0.3 is 4.74 Å². The monoisotopic (exact) mass is 156 g/mol. The number of ether oxygens (including phenoxy) is 1. The first-order valence-electron chi connectivity index (χ1n) is 2.69. The normalized spacial score (nSPS) is 8.90. The van der Waals surface area contributed by atoms with Crippen LogP contribution in [0.15, 0.2) is 24.3 Å². The first-order chi connectivity index (χ1) is 4.83. The minimum atomic E-state index is 0.378. The van der Waals surface area contributed by atoms with Crippen molar-refractivity contribution in [1.29, 1.82) is 0 Å². The van der Waals surface area contributed by atoms with Crippen molar-refractivity contribution in [1.82, 2.24) is 0 Å². The highest BCUT2D eigenvalue weighted by Gasteiger charge is 1.89. The van der Waals surface area contributed by atoms with E-state index in [1.54, 1.807) is 24.3 Å². The Morgan fingerprint density at radius 2 is 1.90 bits per heavy atom. The van der Waals surface area contributed by atoms with Crippen LogP contribution in [0.1, 0.15) is 0 Å². The van der Waals surface area contributed by atoms with Crippen molar-refractivity contribution < 1.29 is 9.53 Å². The maximum atomic E-state index is 9.80. The molecule has 10 heavy (non-hydrogen) atoms. The number of hydrogen-bond donors (Lipinski definition) is 0. The van der Waals surface area contributed by atoms with Gasteiger partial charge in [0, 0.05) is 5.02 Å². The molecule has 0 atom stereocenters. The van der Waals surface area contributed by atoms with E-state index in [0.29, 0.717) is 17.2 Å². The highest BCUT2D eigenvalue weighted by molar-refractivity contribution is 6.30. The topological polar surface area (TPSA) is 26.3 Å². The van der Waals surface area contributed by atoms with Crippen LogP contribution in [0.3, 0.4) is 0 Å². The Labute approximate surface area is 63.4 Å². The number of benzene rings is 1. The predicted molar refractivity (Wildman–Crippen MR) is 38.1 cm³/mol. The minimum absolute atomic E-state index is 0.378. The standard InChI is InChI=1S/C7H5ClO2/c8-6-1-3-7(4-2-6)10-5-9/h1-5H. The SMILES string of the molecule is O=COc1ccc(Cl)cc1. The van der Waals surface area contributed by atoms with Crippen LogP contribution < -0.4 is 4.74 Å². The summed E-state index contributed by atoms with van der Waals surface area (Å²) in [4.78, 5) is 9.80. The fraction of sp³-hybridized carbons (Fsp3) is 0. The van der Waals surface area contributed by atoms with Gasteiger partial charge in [0.05, 0.1) is 0 Å². The highest BCUT2D eigenvalue weighted by Crippen LogP contribution is 2.14. The van der Waals surface area contributed by atoms with Gasteiger partial charge in [-0.2, -0.15) is 0 Å². The molecule has 1 aromatic rings. The third-order valence-electron chi connectivity index (χ3n) is 0.998. The highest BCUT2D eigenvalue weighted by atomic mass is 35.5. The van der Waals surface area contributed by atoms with Crippen LogP contribution >= 0.6 is 11.6 Å². The summed E-state index contributed by atoms with van der Waals surface area (Å²) < 4.78 is 4.52. The van der Waals surface area contributed by atoms with Crippen molar-refractivity contribution in [2.45, 2.75) is 0 Å². The van der Waals surface area contributed by atoms with Crippen molar-refractivity contribution in [2.24, 2.45) is 0 Å². The van der Waals surface area contributed by atoms with Gasteiger partial charge >= 0.3 is 0 Å². The quantitative estimate of drug-likeness (QED) is 0.611. The third-order valence-corrected chi connectivity index (χ3v) is 1.25. The molecule has 0 fully saturated rings. The maximum absolute atomic E-state index is 9.80. The third kappa shape index (κ3) is 1.74. The van der Waals surface area contributed by atoms with Gasteiger partial charge in [-0.3, -0.25) is 4.79 Å². The molecule has 1 rings (SSSR count). The van der Waals surface area contributed by atoms with Crippen LogP contribution in [0.25, 0.3) is 0 Å². The summed E-state index contributed by atoms with van der Waals surface area (Å²) in [6, 6.07) is 6.55. The van der Waals surface area contributed by atoms with Crippen molar-refractivity contribution in [3.05, 3.63) is 29.3 Å². The van der Waals surface area contributed by atoms with Gasteiger partial charge in [0.2, 0.25) is 0 Å². The van der Waals surface area contributed by atoms with E-state index in [0.717, 1.165) is 0 Å². The summed E-state index contributed by atoms with van der Waals surface area (Å²) in [5.41, 5.74) is 0. The average Bonchev–Trinajstić information content (AvgIpc) is 1.95. The average molecular weight is 157 g/mol. The second-order valence-electron chi connectivity index (χ2n) is 1.67. The van der Waals surface area contributed by atoms with Gasteiger partial charge in [0.1, 0.15) is 5.75 Å². The first kappa shape index (κ1) is 7.09. The molecule has 0 aliphatic rings. The number of hydrogen-bond acceptors (Lipinski definition) is 2. The van der Waals surface area contributed by atoms with Crippen LogP contribution in [-0.2, 0) is 4.79 Å². The van der Waals surface area contributed by atoms with E-state index in [4.69, 9.17) is 11.6 Å². The Morgan fingerprint density at radius 3 is 2.40 bits per heavy atom. The molecule has 0 saturated carbocycles. The number of rotatable bonds is 2. The molecular weight excluding hydrogens is 152 g/mol. The molecule has 0 amide bonds. The molecule has 0 N–H and O–H groups in total. The Hall–Kier alpha value is -1.02. The van der Waals surface area contributed by atoms with Gasteiger partial charge in [0.25, 0.3) is 6.47 Å². The van der Waals surface area contributed by atoms with Gasteiger partial charge in [-0.25, -0.2) is 0 Å². The summed E-state index contributed by atoms with van der Waals surface area (Å²) in [7, 11) is 0. The zero-order chi connectivity index (χ0) is 7.40. The van der Waals surface area contributed by atoms with E-state index >= 15 is 0 Å². The van der Waals surface area contributed by atoms with Gasteiger partial charge in [-0.15, -0.1) is 0 Å². The fourth-order valence-corrected chi connectivity index (χ4v) is 0.695. The summed E-state index contributed by atoms with van der Waals surface area (Å²) >= 11 is 5.57. The fourth-order valence-electron chi connectivity index (χ4n) is 0.569. The lowest BCUT2D eigenvalue weighted by molar-refractivity contribution is -0.120. The van der Waals surface area contributed by atoms with Crippen LogP contribution in [0.5, 0.6) is 5.75 Å². The zero-order valence-electron chi connectivity index (χ0n) is 5.08. The minimum Gasteiger partial charge on any atom is -0.429 e.